The van der Waals surface area contributed by atoms with E-state index in [1.54, 1.807) is 0 Å². The van der Waals surface area contributed by atoms with Gasteiger partial charge in [-0.05, 0) is 0 Å². The van der Waals surface area contributed by atoms with Crippen LogP contribution in [0.4, 0.5) is 0 Å². The van der Waals surface area contributed by atoms with Gasteiger partial charge < -0.3 is 31.4 Å². The third kappa shape index (κ3) is 8.13. The summed E-state index contributed by atoms with van der Waals surface area (Å²) in [7, 11) is 0. The predicted molar refractivity (Wildman–Crippen MR) is 44.3 cm³/mol. The Morgan fingerprint density at radius 3 is 1.25 bits per heavy atom. The molecule has 0 fully saturated rings. The van der Waals surface area contributed by atoms with Gasteiger partial charge in [0.25, 0.3) is 0 Å². The van der Waals surface area contributed by atoms with Crippen molar-refractivity contribution in [3.63, 3.8) is 0 Å². The van der Waals surface area contributed by atoms with Gasteiger partial charge in [0.1, 0.15) is 0 Å². The smallest absolute Gasteiger partial charge is 0.336 e. The van der Waals surface area contributed by atoms with Crippen LogP contribution in [0.1, 0.15) is 12.8 Å². The largest absolute Gasteiger partial charge is 0.481 e. The van der Waals surface area contributed by atoms with Crippen molar-refractivity contribution >= 4 is 17.9 Å². The fourth-order valence-corrected chi connectivity index (χ4v) is 0.714. The van der Waals surface area contributed by atoms with Gasteiger partial charge >= 0.3 is 17.9 Å². The van der Waals surface area contributed by atoms with Crippen LogP contribution in [-0.2, 0) is 31.2 Å². The van der Waals surface area contributed by atoms with Gasteiger partial charge in [-0.1, -0.05) is 0 Å². The minimum atomic E-state index is -2.74. The van der Waals surface area contributed by atoms with E-state index in [1.165, 1.54) is 0 Å². The van der Waals surface area contributed by atoms with E-state index in [0.29, 0.717) is 0 Å². The third-order valence-electron chi connectivity index (χ3n) is 1.29. The van der Waals surface area contributed by atoms with Gasteiger partial charge in [-0.25, -0.2) is 4.79 Å². The molecule has 0 aromatic rings. The fraction of sp³-hybridized carbons (Fsp3) is 0.500. The SMILES string of the molecule is O.O.O=C(O)CC(O)(CC(=O)O)C(=O)O.[Co]. The maximum atomic E-state index is 10.3. The summed E-state index contributed by atoms with van der Waals surface area (Å²) in [6.45, 7) is 0. The first-order valence-corrected chi connectivity index (χ1v) is 3.17. The van der Waals surface area contributed by atoms with Crippen LogP contribution in [0.15, 0.2) is 0 Å². The molecule has 0 saturated heterocycles. The summed E-state index contributed by atoms with van der Waals surface area (Å²) in [5, 5.41) is 33.8. The van der Waals surface area contributed by atoms with Crippen LogP contribution in [0.3, 0.4) is 0 Å². The van der Waals surface area contributed by atoms with Crippen molar-refractivity contribution in [1.82, 2.24) is 0 Å². The summed E-state index contributed by atoms with van der Waals surface area (Å²) in [5.41, 5.74) is -2.74. The van der Waals surface area contributed by atoms with E-state index in [0.717, 1.165) is 0 Å². The van der Waals surface area contributed by atoms with Crippen LogP contribution < -0.4 is 0 Å². The maximum Gasteiger partial charge on any atom is 0.336 e. The van der Waals surface area contributed by atoms with Gasteiger partial charge in [-0.2, -0.15) is 0 Å². The molecule has 0 saturated carbocycles. The predicted octanol–water partition coefficient (Wildman–Crippen LogP) is -2.90. The molecule has 8 N–H and O–H groups in total. The Bertz CT molecular complexity index is 234. The van der Waals surface area contributed by atoms with Crippen molar-refractivity contribution in [2.75, 3.05) is 0 Å². The van der Waals surface area contributed by atoms with Crippen LogP contribution in [0.2, 0.25) is 0 Å². The number of carboxylic acid groups (broad SMARTS) is 3. The van der Waals surface area contributed by atoms with Crippen molar-refractivity contribution in [3.8, 4) is 0 Å². The van der Waals surface area contributed by atoms with Gasteiger partial charge in [0.05, 0.1) is 12.8 Å². The van der Waals surface area contributed by atoms with Crippen molar-refractivity contribution in [2.45, 2.75) is 18.4 Å². The normalized spacial score (nSPS) is 8.81. The van der Waals surface area contributed by atoms with E-state index in [1.807, 2.05) is 0 Å². The minimum absolute atomic E-state index is 0. The van der Waals surface area contributed by atoms with Gasteiger partial charge in [-0.3, -0.25) is 9.59 Å². The molecule has 0 spiro atoms. The molecule has 0 aromatic carbocycles. The number of carbonyl (C=O) groups is 3. The standard InChI is InChI=1S/C6H8O7.Co.2H2O/c7-3(8)1-6(13,5(11)12)2-4(9)10;;;/h13H,1-2H2,(H,7,8)(H,9,10)(H,11,12);;2*1H2. The molecule has 0 heterocycles. The van der Waals surface area contributed by atoms with Crippen LogP contribution in [0.25, 0.3) is 0 Å². The molecule has 0 atom stereocenters. The number of aliphatic hydroxyl groups is 1. The number of aliphatic carboxylic acids is 3. The first-order chi connectivity index (χ1) is 5.78. The van der Waals surface area contributed by atoms with E-state index in [-0.39, 0.29) is 27.7 Å². The Morgan fingerprint density at radius 2 is 1.12 bits per heavy atom. The van der Waals surface area contributed by atoms with Crippen molar-refractivity contribution in [2.24, 2.45) is 0 Å². The molecule has 0 rings (SSSR count). The minimum Gasteiger partial charge on any atom is -0.481 e. The van der Waals surface area contributed by atoms with Crippen molar-refractivity contribution < 1.29 is 62.5 Å². The zero-order chi connectivity index (χ0) is 10.6. The summed E-state index contributed by atoms with van der Waals surface area (Å²) in [4.78, 5) is 30.5. The Morgan fingerprint density at radius 1 is 0.875 bits per heavy atom. The van der Waals surface area contributed by atoms with E-state index in [9.17, 15) is 14.4 Å². The zero-order valence-corrected chi connectivity index (χ0v) is 8.80. The molecule has 0 unspecified atom stereocenters. The summed E-state index contributed by atoms with van der Waals surface area (Å²) >= 11 is 0. The van der Waals surface area contributed by atoms with Gasteiger partial charge in [0.2, 0.25) is 0 Å². The average molecular weight is 287 g/mol. The van der Waals surface area contributed by atoms with Gasteiger partial charge in [0, 0.05) is 16.8 Å². The van der Waals surface area contributed by atoms with Crippen LogP contribution in [0, 0.1) is 0 Å². The summed E-state index contributed by atoms with van der Waals surface area (Å²) < 4.78 is 0. The zero-order valence-electron chi connectivity index (χ0n) is 7.76. The van der Waals surface area contributed by atoms with E-state index in [4.69, 9.17) is 20.4 Å². The second kappa shape index (κ2) is 9.05. The number of hydrogen-bond donors (Lipinski definition) is 4. The topological polar surface area (TPSA) is 195 Å². The Labute approximate surface area is 99.5 Å². The Balaban J connectivity index is -0.000000240. The molecule has 16 heavy (non-hydrogen) atoms. The first kappa shape index (κ1) is 24.2. The average Bonchev–Trinajstić information content (AvgIpc) is 1.82. The summed E-state index contributed by atoms with van der Waals surface area (Å²) in [6, 6.07) is 0. The molecule has 0 aliphatic carbocycles. The molecule has 0 aromatic heterocycles. The number of carboxylic acids is 3. The Hall–Kier alpha value is -1.20. The molecule has 1 radical (unpaired) electrons. The van der Waals surface area contributed by atoms with E-state index >= 15 is 0 Å². The van der Waals surface area contributed by atoms with Crippen LogP contribution in [-0.4, -0.2) is 54.9 Å². The van der Waals surface area contributed by atoms with E-state index < -0.39 is 36.4 Å². The maximum absolute atomic E-state index is 10.3. The summed E-state index contributed by atoms with van der Waals surface area (Å²) in [5.74, 6) is -5.02. The van der Waals surface area contributed by atoms with E-state index in [2.05, 4.69) is 0 Å². The summed E-state index contributed by atoms with van der Waals surface area (Å²) in [6.07, 6.45) is -2.29. The monoisotopic (exact) mass is 287 g/mol. The number of hydrogen-bond acceptors (Lipinski definition) is 4. The van der Waals surface area contributed by atoms with Gasteiger partial charge in [-0.15, -0.1) is 0 Å². The van der Waals surface area contributed by atoms with Crippen molar-refractivity contribution in [1.29, 1.82) is 0 Å². The molecule has 0 amide bonds. The fourth-order valence-electron chi connectivity index (χ4n) is 0.714. The molecule has 10 heteroatoms. The van der Waals surface area contributed by atoms with Crippen LogP contribution in [0.5, 0.6) is 0 Å². The molecular formula is C6H12CoO9. The second-order valence-electron chi connectivity index (χ2n) is 2.48. The van der Waals surface area contributed by atoms with Crippen molar-refractivity contribution in [3.05, 3.63) is 0 Å². The quantitative estimate of drug-likeness (QED) is 0.415. The number of rotatable bonds is 5. The molecule has 0 aliphatic heterocycles. The Kier molecular flexibility index (Phi) is 13.7. The molecule has 0 bridgehead atoms. The molecule has 0 aliphatic rings. The molecular weight excluding hydrogens is 275 g/mol. The van der Waals surface area contributed by atoms with Gasteiger partial charge in [0.15, 0.2) is 5.60 Å². The third-order valence-corrected chi connectivity index (χ3v) is 1.29. The molecule has 9 nitrogen and oxygen atoms in total. The molecule has 99 valence electrons. The van der Waals surface area contributed by atoms with Crippen LogP contribution >= 0.6 is 0 Å². The second-order valence-corrected chi connectivity index (χ2v) is 2.48. The first-order valence-electron chi connectivity index (χ1n) is 3.17.